The lowest BCUT2D eigenvalue weighted by atomic mass is 10.2. The topological polar surface area (TPSA) is 18.5 Å². The summed E-state index contributed by atoms with van der Waals surface area (Å²) >= 11 is 0. The fourth-order valence-corrected chi connectivity index (χ4v) is 1.13. The van der Waals surface area contributed by atoms with E-state index < -0.39 is 0 Å². The normalized spacial score (nSPS) is 21.2. The van der Waals surface area contributed by atoms with Gasteiger partial charge in [-0.25, -0.2) is 0 Å². The van der Waals surface area contributed by atoms with Gasteiger partial charge in [0.2, 0.25) is 0 Å². The Labute approximate surface area is 77.3 Å². The second-order valence-corrected chi connectivity index (χ2v) is 2.71. The van der Waals surface area contributed by atoms with Crippen LogP contribution in [0.1, 0.15) is 41.0 Å². The average Bonchev–Trinajstić information content (AvgIpc) is 2.41. The van der Waals surface area contributed by atoms with Crippen LogP contribution in [0.25, 0.3) is 0 Å². The summed E-state index contributed by atoms with van der Waals surface area (Å²) in [6, 6.07) is 0. The first-order valence-electron chi connectivity index (χ1n) is 4.13. The van der Waals surface area contributed by atoms with Crippen LogP contribution < -0.4 is 0 Å². The van der Waals surface area contributed by atoms with Gasteiger partial charge in [-0.05, 0) is 19.3 Å². The zero-order valence-electron chi connectivity index (χ0n) is 6.64. The summed E-state index contributed by atoms with van der Waals surface area (Å²) < 4.78 is 10.7. The lowest BCUT2D eigenvalue weighted by molar-refractivity contribution is 0.0175. The Morgan fingerprint density at radius 3 is 2.67 bits per heavy atom. The van der Waals surface area contributed by atoms with Gasteiger partial charge >= 0.3 is 0 Å². The van der Waals surface area contributed by atoms with Crippen molar-refractivity contribution in [3.05, 3.63) is 0 Å². The largest absolute Gasteiger partial charge is 0.379 e. The van der Waals surface area contributed by atoms with Crippen LogP contribution in [-0.4, -0.2) is 25.9 Å². The highest BCUT2D eigenvalue weighted by Crippen LogP contribution is 2.11. The summed E-state index contributed by atoms with van der Waals surface area (Å²) in [6.07, 6.45) is 3.89. The third-order valence-electron chi connectivity index (χ3n) is 1.68. The van der Waals surface area contributed by atoms with Crippen molar-refractivity contribution in [2.45, 2.75) is 47.1 Å². The van der Waals surface area contributed by atoms with Crippen molar-refractivity contribution in [2.24, 2.45) is 0 Å². The molecule has 0 spiro atoms. The van der Waals surface area contributed by atoms with Crippen molar-refractivity contribution in [1.82, 2.24) is 0 Å². The molecule has 0 N–H and O–H groups in total. The fourth-order valence-electron chi connectivity index (χ4n) is 1.13. The van der Waals surface area contributed by atoms with E-state index in [0.29, 0.717) is 6.10 Å². The molecule has 76 valence electrons. The summed E-state index contributed by atoms with van der Waals surface area (Å²) in [4.78, 5) is 0. The molecule has 1 rings (SSSR count). The number of hydrogen-bond acceptors (Lipinski definition) is 2. The van der Waals surface area contributed by atoms with Gasteiger partial charge in [-0.2, -0.15) is 0 Å². The van der Waals surface area contributed by atoms with Crippen LogP contribution in [-0.2, 0) is 9.47 Å². The first kappa shape index (κ1) is 14.4. The molecule has 2 nitrogen and oxygen atoms in total. The van der Waals surface area contributed by atoms with Gasteiger partial charge in [-0.3, -0.25) is 0 Å². The van der Waals surface area contributed by atoms with E-state index in [-0.39, 0.29) is 14.9 Å². The molecule has 1 aliphatic heterocycles. The van der Waals surface area contributed by atoms with Crippen molar-refractivity contribution >= 4 is 0 Å². The fraction of sp³-hybridized carbons (Fsp3) is 1.00. The highest BCUT2D eigenvalue weighted by molar-refractivity contribution is 4.62. The highest BCUT2D eigenvalue weighted by Gasteiger charge is 2.14. The maximum Gasteiger partial charge on any atom is 0.0809 e. The van der Waals surface area contributed by atoms with Gasteiger partial charge in [0.1, 0.15) is 0 Å². The third-order valence-corrected chi connectivity index (χ3v) is 1.68. The van der Waals surface area contributed by atoms with Crippen molar-refractivity contribution in [3.63, 3.8) is 0 Å². The highest BCUT2D eigenvalue weighted by atomic mass is 16.5. The van der Waals surface area contributed by atoms with Crippen LogP contribution in [0.2, 0.25) is 0 Å². The molecule has 1 saturated heterocycles. The quantitative estimate of drug-likeness (QED) is 0.613. The lowest BCUT2D eigenvalue weighted by Crippen LogP contribution is -2.14. The summed E-state index contributed by atoms with van der Waals surface area (Å²) in [6.45, 7) is 4.73. The summed E-state index contributed by atoms with van der Waals surface area (Å²) in [5.74, 6) is 0. The average molecular weight is 176 g/mol. The first-order chi connectivity index (χ1) is 4.93. The van der Waals surface area contributed by atoms with Gasteiger partial charge in [0.25, 0.3) is 0 Å². The van der Waals surface area contributed by atoms with Gasteiger partial charge in [-0.1, -0.05) is 21.8 Å². The number of rotatable bonds is 4. The van der Waals surface area contributed by atoms with Crippen LogP contribution in [0.15, 0.2) is 0 Å². The minimum atomic E-state index is 0. The number of ether oxygens (including phenoxy) is 2. The standard InChI is InChI=1S/C8H16O2.2CH4/c1-2-5-9-7-8-4-3-6-10-8;;/h8H,2-7H2,1H3;2*1H4. The first-order valence-corrected chi connectivity index (χ1v) is 4.13. The minimum Gasteiger partial charge on any atom is -0.379 e. The molecular weight excluding hydrogens is 152 g/mol. The maximum atomic E-state index is 5.37. The van der Waals surface area contributed by atoms with Crippen molar-refractivity contribution < 1.29 is 9.47 Å². The Bertz CT molecular complexity index is 77.9. The molecule has 0 radical (unpaired) electrons. The molecule has 1 aliphatic rings. The second kappa shape index (κ2) is 9.01. The molecule has 2 heteroatoms. The molecule has 12 heavy (non-hydrogen) atoms. The molecule has 0 aliphatic carbocycles. The SMILES string of the molecule is C.C.CCCOCC1CCCO1. The van der Waals surface area contributed by atoms with Crippen LogP contribution in [0.5, 0.6) is 0 Å². The molecular formula is C10H24O2. The van der Waals surface area contributed by atoms with Crippen LogP contribution in [0.4, 0.5) is 0 Å². The Balaban J connectivity index is 0. The Kier molecular flexibility index (Phi) is 10.8. The zero-order valence-corrected chi connectivity index (χ0v) is 6.64. The van der Waals surface area contributed by atoms with E-state index in [4.69, 9.17) is 9.47 Å². The Hall–Kier alpha value is -0.0800. The molecule has 1 atom stereocenters. The van der Waals surface area contributed by atoms with E-state index in [0.717, 1.165) is 26.2 Å². The minimum absolute atomic E-state index is 0. The zero-order chi connectivity index (χ0) is 7.23. The van der Waals surface area contributed by atoms with Gasteiger partial charge in [0, 0.05) is 13.2 Å². The van der Waals surface area contributed by atoms with Gasteiger partial charge in [0.15, 0.2) is 0 Å². The van der Waals surface area contributed by atoms with Gasteiger partial charge < -0.3 is 9.47 Å². The molecule has 0 saturated carbocycles. The van der Waals surface area contributed by atoms with Crippen LogP contribution in [0, 0.1) is 0 Å². The Morgan fingerprint density at radius 2 is 2.17 bits per heavy atom. The monoisotopic (exact) mass is 176 g/mol. The third kappa shape index (κ3) is 5.56. The van der Waals surface area contributed by atoms with Crippen LogP contribution >= 0.6 is 0 Å². The molecule has 1 fully saturated rings. The molecule has 0 aromatic heterocycles. The second-order valence-electron chi connectivity index (χ2n) is 2.71. The molecule has 1 heterocycles. The lowest BCUT2D eigenvalue weighted by Gasteiger charge is -2.08. The number of hydrogen-bond donors (Lipinski definition) is 0. The van der Waals surface area contributed by atoms with Gasteiger partial charge in [-0.15, -0.1) is 0 Å². The smallest absolute Gasteiger partial charge is 0.0809 e. The van der Waals surface area contributed by atoms with E-state index in [1.165, 1.54) is 12.8 Å². The predicted octanol–water partition coefficient (Wildman–Crippen LogP) is 2.86. The molecule has 0 aromatic carbocycles. The van der Waals surface area contributed by atoms with E-state index >= 15 is 0 Å². The molecule has 0 aromatic rings. The van der Waals surface area contributed by atoms with Crippen molar-refractivity contribution in [3.8, 4) is 0 Å². The summed E-state index contributed by atoms with van der Waals surface area (Å²) in [5.41, 5.74) is 0. The maximum absolute atomic E-state index is 5.37. The predicted molar refractivity (Wildman–Crippen MR) is 53.5 cm³/mol. The molecule has 0 bridgehead atoms. The van der Waals surface area contributed by atoms with Crippen molar-refractivity contribution in [1.29, 1.82) is 0 Å². The summed E-state index contributed by atoms with van der Waals surface area (Å²) in [7, 11) is 0. The van der Waals surface area contributed by atoms with Crippen molar-refractivity contribution in [2.75, 3.05) is 19.8 Å². The van der Waals surface area contributed by atoms with E-state index in [9.17, 15) is 0 Å². The van der Waals surface area contributed by atoms with E-state index in [1.807, 2.05) is 0 Å². The van der Waals surface area contributed by atoms with E-state index in [1.54, 1.807) is 0 Å². The summed E-state index contributed by atoms with van der Waals surface area (Å²) in [5, 5.41) is 0. The van der Waals surface area contributed by atoms with E-state index in [2.05, 4.69) is 6.92 Å². The van der Waals surface area contributed by atoms with Crippen LogP contribution in [0.3, 0.4) is 0 Å². The molecule has 0 amide bonds. The van der Waals surface area contributed by atoms with Gasteiger partial charge in [0.05, 0.1) is 12.7 Å². The molecule has 1 unspecified atom stereocenters. The Morgan fingerprint density at radius 1 is 1.42 bits per heavy atom.